The zero-order valence-electron chi connectivity index (χ0n) is 18.6. The number of aromatic nitrogens is 1. The topological polar surface area (TPSA) is 90.1 Å². The molecule has 0 radical (unpaired) electrons. The molecular formula is C23H26F2N2O5. The summed E-state index contributed by atoms with van der Waals surface area (Å²) in [7, 11) is 0. The first-order valence-electron chi connectivity index (χ1n) is 10.3. The minimum absolute atomic E-state index is 0.0455. The predicted molar refractivity (Wildman–Crippen MR) is 111 cm³/mol. The number of carbonyl (C=O) groups is 2. The molecule has 3 atom stereocenters. The molecule has 1 aromatic heterocycles. The Hall–Kier alpha value is -3.07. The number of rotatable bonds is 5. The molecule has 1 fully saturated rings. The molecule has 32 heavy (non-hydrogen) atoms. The maximum atomic E-state index is 14.5. The summed E-state index contributed by atoms with van der Waals surface area (Å²) in [5.41, 5.74) is -0.483. The van der Waals surface area contributed by atoms with Gasteiger partial charge in [-0.15, -0.1) is 0 Å². The third kappa shape index (κ3) is 4.29. The molecule has 9 heteroatoms. The second kappa shape index (κ2) is 8.82. The summed E-state index contributed by atoms with van der Waals surface area (Å²) >= 11 is 0. The highest BCUT2D eigenvalue weighted by Crippen LogP contribution is 2.49. The number of hydrogen-bond acceptors (Lipinski definition) is 5. The van der Waals surface area contributed by atoms with Gasteiger partial charge in [0.2, 0.25) is 5.82 Å². The minimum atomic E-state index is -1.12. The van der Waals surface area contributed by atoms with Crippen LogP contribution >= 0.6 is 0 Å². The van der Waals surface area contributed by atoms with Crippen molar-refractivity contribution in [3.05, 3.63) is 58.7 Å². The lowest BCUT2D eigenvalue weighted by Crippen LogP contribution is -2.28. The van der Waals surface area contributed by atoms with Crippen LogP contribution in [0.15, 0.2) is 35.5 Å². The number of carbonyl (C=O) groups excluding carboxylic acids is 2. The van der Waals surface area contributed by atoms with Gasteiger partial charge in [0.15, 0.2) is 17.3 Å². The van der Waals surface area contributed by atoms with Crippen molar-refractivity contribution in [3.63, 3.8) is 0 Å². The van der Waals surface area contributed by atoms with Crippen LogP contribution in [0, 0.1) is 17.6 Å². The molecule has 1 N–H and O–H groups in total. The van der Waals surface area contributed by atoms with E-state index in [-0.39, 0.29) is 29.3 Å². The van der Waals surface area contributed by atoms with Gasteiger partial charge in [-0.1, -0.05) is 13.0 Å². The number of nitrogens with zero attached hydrogens (tertiary/aromatic N) is 2. The predicted octanol–water partition coefficient (Wildman–Crippen LogP) is 3.63. The third-order valence-corrected chi connectivity index (χ3v) is 5.88. The van der Waals surface area contributed by atoms with Gasteiger partial charge in [-0.2, -0.15) is 9.12 Å². The fraction of sp³-hybridized carbons (Fsp3) is 0.435. The molecule has 2 aromatic rings. The second-order valence-corrected chi connectivity index (χ2v) is 8.29. The highest BCUT2D eigenvalue weighted by Gasteiger charge is 2.51. The van der Waals surface area contributed by atoms with Gasteiger partial charge in [-0.3, -0.25) is 9.59 Å². The average molecular weight is 448 g/mol. The normalized spacial score (nSPS) is 22.7. The van der Waals surface area contributed by atoms with Crippen LogP contribution in [0.4, 0.5) is 8.78 Å². The summed E-state index contributed by atoms with van der Waals surface area (Å²) in [6.45, 7) is 8.51. The third-order valence-electron chi connectivity index (χ3n) is 5.88. The van der Waals surface area contributed by atoms with Crippen LogP contribution in [-0.4, -0.2) is 39.9 Å². The molecule has 1 aliphatic heterocycles. The molecule has 1 aliphatic rings. The lowest BCUT2D eigenvalue weighted by atomic mass is 9.78. The van der Waals surface area contributed by atoms with E-state index in [0.717, 1.165) is 6.07 Å². The van der Waals surface area contributed by atoms with Gasteiger partial charge in [0.25, 0.3) is 5.91 Å². The van der Waals surface area contributed by atoms with Crippen molar-refractivity contribution in [2.24, 2.45) is 10.9 Å². The monoisotopic (exact) mass is 448 g/mol. The summed E-state index contributed by atoms with van der Waals surface area (Å²) in [5.74, 6) is -4.39. The van der Waals surface area contributed by atoms with E-state index in [2.05, 4.69) is 4.99 Å². The van der Waals surface area contributed by atoms with E-state index in [4.69, 9.17) is 9.47 Å². The Morgan fingerprint density at radius 1 is 1.28 bits per heavy atom. The maximum absolute atomic E-state index is 14.5. The highest BCUT2D eigenvalue weighted by molar-refractivity contribution is 5.92. The Morgan fingerprint density at radius 2 is 1.97 bits per heavy atom. The van der Waals surface area contributed by atoms with Crippen molar-refractivity contribution in [1.29, 1.82) is 0 Å². The van der Waals surface area contributed by atoms with Gasteiger partial charge in [0.1, 0.15) is 11.8 Å². The first-order chi connectivity index (χ1) is 15.0. The first kappa shape index (κ1) is 23.6. The zero-order chi connectivity index (χ0) is 23.8. The van der Waals surface area contributed by atoms with Gasteiger partial charge >= 0.3 is 0 Å². The molecule has 7 nitrogen and oxygen atoms in total. The summed E-state index contributed by atoms with van der Waals surface area (Å²) in [6, 6.07) is 5.05. The second-order valence-electron chi connectivity index (χ2n) is 8.29. The molecule has 0 unspecified atom stereocenters. The quantitative estimate of drug-likeness (QED) is 0.557. The zero-order valence-corrected chi connectivity index (χ0v) is 18.6. The number of ether oxygens (including phenoxy) is 2. The number of benzene rings is 1. The molecule has 1 amide bonds. The van der Waals surface area contributed by atoms with Crippen LogP contribution in [0.2, 0.25) is 0 Å². The fourth-order valence-corrected chi connectivity index (χ4v) is 3.94. The Kier molecular flexibility index (Phi) is 6.50. The van der Waals surface area contributed by atoms with E-state index in [0.29, 0.717) is 10.3 Å². The highest BCUT2D eigenvalue weighted by atomic mass is 19.2. The van der Waals surface area contributed by atoms with Crippen LogP contribution in [0.3, 0.4) is 0 Å². The molecule has 172 valence electrons. The molecule has 2 heterocycles. The van der Waals surface area contributed by atoms with E-state index >= 15 is 0 Å². The van der Waals surface area contributed by atoms with Gasteiger partial charge in [-0.25, -0.2) is 9.38 Å². The number of amides is 1. The average Bonchev–Trinajstić information content (AvgIpc) is 2.96. The van der Waals surface area contributed by atoms with Crippen LogP contribution in [-0.2, 0) is 9.53 Å². The van der Waals surface area contributed by atoms with Crippen molar-refractivity contribution < 1.29 is 33.1 Å². The van der Waals surface area contributed by atoms with Crippen molar-refractivity contribution in [2.45, 2.75) is 52.2 Å². The molecule has 1 saturated heterocycles. The fourth-order valence-electron chi connectivity index (χ4n) is 3.94. The van der Waals surface area contributed by atoms with E-state index in [9.17, 15) is 23.6 Å². The number of hydrogen-bond donors (Lipinski definition) is 1. The molecule has 0 saturated carbocycles. The summed E-state index contributed by atoms with van der Waals surface area (Å²) in [4.78, 5) is 28.9. The van der Waals surface area contributed by atoms with E-state index in [1.54, 1.807) is 6.92 Å². The summed E-state index contributed by atoms with van der Waals surface area (Å²) in [6.07, 6.45) is 0.108. The summed E-state index contributed by atoms with van der Waals surface area (Å²) in [5, 5.41) is 9.89. The van der Waals surface area contributed by atoms with Gasteiger partial charge in [0, 0.05) is 24.6 Å². The van der Waals surface area contributed by atoms with Crippen molar-refractivity contribution in [3.8, 4) is 5.75 Å². The van der Waals surface area contributed by atoms with Crippen LogP contribution in [0.25, 0.3) is 0 Å². The molecular weight excluding hydrogens is 422 g/mol. The van der Waals surface area contributed by atoms with Crippen molar-refractivity contribution in [2.75, 3.05) is 6.61 Å². The van der Waals surface area contributed by atoms with Crippen molar-refractivity contribution >= 4 is 11.7 Å². The van der Waals surface area contributed by atoms with Gasteiger partial charge in [0.05, 0.1) is 17.6 Å². The SMILES string of the molecule is CCOc1c([C@@H]2[C@@H](C(=O)N=c3ccn(O)c(C(C)=O)c3)OC(C)(C)[C@@H]2C)ccc(F)c1F. The Labute approximate surface area is 184 Å². The van der Waals surface area contributed by atoms with Crippen molar-refractivity contribution in [1.82, 2.24) is 4.73 Å². The Morgan fingerprint density at radius 3 is 2.59 bits per heavy atom. The van der Waals surface area contributed by atoms with Crippen LogP contribution in [0.1, 0.15) is 56.6 Å². The molecule has 0 bridgehead atoms. The molecule has 0 aliphatic carbocycles. The van der Waals surface area contributed by atoms with E-state index in [1.807, 2.05) is 20.8 Å². The smallest absolute Gasteiger partial charge is 0.276 e. The first-order valence-corrected chi connectivity index (χ1v) is 10.3. The minimum Gasteiger partial charge on any atom is -0.490 e. The Balaban J connectivity index is 2.10. The number of Topliss-reactive ketones (excluding diaryl/α,β-unsaturated/α-hetero) is 1. The number of ketones is 1. The lowest BCUT2D eigenvalue weighted by Gasteiger charge is -2.26. The van der Waals surface area contributed by atoms with Crippen LogP contribution in [0.5, 0.6) is 5.75 Å². The maximum Gasteiger partial charge on any atom is 0.276 e. The molecule has 0 spiro atoms. The number of pyridine rings is 1. The summed E-state index contributed by atoms with van der Waals surface area (Å²) < 4.78 is 40.5. The largest absolute Gasteiger partial charge is 0.490 e. The Bertz CT molecular complexity index is 1130. The van der Waals surface area contributed by atoms with Gasteiger partial charge in [-0.05, 0) is 44.9 Å². The van der Waals surface area contributed by atoms with Gasteiger partial charge < -0.3 is 14.7 Å². The van der Waals surface area contributed by atoms with E-state index < -0.39 is 40.9 Å². The van der Waals surface area contributed by atoms with Crippen LogP contribution < -0.4 is 10.1 Å². The lowest BCUT2D eigenvalue weighted by molar-refractivity contribution is -0.133. The molecule has 3 rings (SSSR count). The standard InChI is InChI=1S/C23H26F2N2O5/c1-6-31-20-15(7-8-16(24)19(20)25)18-12(2)23(4,5)32-21(18)22(29)26-14-9-10-27(30)17(11-14)13(3)28/h7-12,18,21,30H,6H2,1-5H3/t12-,18-,21+/m1/s1. The number of halogens is 2. The van der Waals surface area contributed by atoms with E-state index in [1.165, 1.54) is 31.3 Å². The molecule has 1 aromatic carbocycles.